The fourth-order valence-electron chi connectivity index (χ4n) is 4.39. The lowest BCUT2D eigenvalue weighted by Crippen LogP contribution is -2.48. The summed E-state index contributed by atoms with van der Waals surface area (Å²) < 4.78 is 60.9. The zero-order valence-corrected chi connectivity index (χ0v) is 17.2. The molecule has 0 radical (unpaired) electrons. The molecule has 2 fully saturated rings. The molecule has 3 aromatic heterocycles. The van der Waals surface area contributed by atoms with Crippen molar-refractivity contribution in [2.75, 3.05) is 23.3 Å². The van der Waals surface area contributed by atoms with E-state index in [9.17, 15) is 17.6 Å². The van der Waals surface area contributed by atoms with Gasteiger partial charge in [0.25, 0.3) is 0 Å². The van der Waals surface area contributed by atoms with Gasteiger partial charge in [0, 0.05) is 36.9 Å². The van der Waals surface area contributed by atoms with Crippen molar-refractivity contribution in [3.05, 3.63) is 24.2 Å². The summed E-state index contributed by atoms with van der Waals surface area (Å²) in [5.74, 6) is 1.43. The summed E-state index contributed by atoms with van der Waals surface area (Å²) in [4.78, 5) is 11.0. The molecule has 4 atom stereocenters. The van der Waals surface area contributed by atoms with Gasteiger partial charge in [-0.25, -0.2) is 9.50 Å². The third-order valence-corrected chi connectivity index (χ3v) is 6.60. The average molecular weight is 457 g/mol. The monoisotopic (exact) mass is 457 g/mol. The molecule has 4 heterocycles. The first-order valence-electron chi connectivity index (χ1n) is 9.82. The number of rotatable bonds is 5. The molecule has 1 aliphatic carbocycles. The summed E-state index contributed by atoms with van der Waals surface area (Å²) in [6, 6.07) is 2.80. The third-order valence-electron chi connectivity index (χ3n) is 5.73. The summed E-state index contributed by atoms with van der Waals surface area (Å²) in [6.45, 7) is 3.54. The molecule has 1 N–H and O–H groups in total. The molecule has 0 amide bonds. The molecule has 31 heavy (non-hydrogen) atoms. The smallest absolute Gasteiger partial charge is 0.448 e. The van der Waals surface area contributed by atoms with Gasteiger partial charge in [0.15, 0.2) is 11.4 Å². The summed E-state index contributed by atoms with van der Waals surface area (Å²) in [7, 11) is 0. The van der Waals surface area contributed by atoms with Crippen LogP contribution in [0.4, 0.5) is 28.6 Å². The van der Waals surface area contributed by atoms with Crippen molar-refractivity contribution >= 4 is 28.3 Å². The second kappa shape index (κ2) is 7.46. The van der Waals surface area contributed by atoms with E-state index in [4.69, 9.17) is 0 Å². The molecular weight excluding hydrogens is 438 g/mol. The van der Waals surface area contributed by atoms with Crippen LogP contribution in [0.25, 0.3) is 5.65 Å². The van der Waals surface area contributed by atoms with Crippen molar-refractivity contribution in [1.29, 1.82) is 0 Å². The number of alkyl halides is 4. The number of fused-ring (bicyclic) bond motifs is 3. The standard InChI is InChI=1S/C18H19F4N7OS/c1-9-23-17(31-27-9)28-7-10-4-5-11(8-28)13(10)24-16-25-14-12(3-2-6-29(14)26-16)30-15(19)18(20,21)22/h2-3,6,10-11,13,15H,4-5,7-8H2,1H3,(H,24,26)/t10-,11+,13?,15?. The van der Waals surface area contributed by atoms with E-state index in [0.29, 0.717) is 11.8 Å². The first kappa shape index (κ1) is 20.2. The zero-order chi connectivity index (χ0) is 21.8. The van der Waals surface area contributed by atoms with Gasteiger partial charge in [-0.2, -0.15) is 26.9 Å². The van der Waals surface area contributed by atoms with Crippen molar-refractivity contribution in [2.24, 2.45) is 11.8 Å². The Balaban J connectivity index is 1.33. The van der Waals surface area contributed by atoms with Crippen LogP contribution >= 0.6 is 11.5 Å². The number of ether oxygens (including phenoxy) is 1. The quantitative estimate of drug-likeness (QED) is 0.588. The van der Waals surface area contributed by atoms with E-state index >= 15 is 0 Å². The first-order valence-corrected chi connectivity index (χ1v) is 10.6. The topological polar surface area (TPSA) is 80.5 Å². The number of aryl methyl sites for hydroxylation is 1. The van der Waals surface area contributed by atoms with E-state index in [0.717, 1.165) is 36.9 Å². The number of nitrogens with one attached hydrogen (secondary N) is 1. The molecule has 1 saturated heterocycles. The van der Waals surface area contributed by atoms with Gasteiger partial charge >= 0.3 is 12.5 Å². The van der Waals surface area contributed by atoms with Crippen molar-refractivity contribution in [1.82, 2.24) is 24.0 Å². The Morgan fingerprint density at radius 1 is 1.23 bits per heavy atom. The molecule has 8 nitrogen and oxygen atoms in total. The summed E-state index contributed by atoms with van der Waals surface area (Å²) >= 11 is 1.40. The van der Waals surface area contributed by atoms with Crippen molar-refractivity contribution in [3.8, 4) is 5.75 Å². The number of anilines is 2. The lowest BCUT2D eigenvalue weighted by atomic mass is 9.92. The molecular formula is C18H19F4N7OS. The molecule has 2 bridgehead atoms. The highest BCUT2D eigenvalue weighted by Gasteiger charge is 2.44. The molecule has 166 valence electrons. The lowest BCUT2D eigenvalue weighted by Gasteiger charge is -2.37. The highest BCUT2D eigenvalue weighted by atomic mass is 32.1. The summed E-state index contributed by atoms with van der Waals surface area (Å²) in [6.07, 6.45) is -4.93. The normalized spacial score (nSPS) is 24.5. The van der Waals surface area contributed by atoms with Crippen molar-refractivity contribution in [2.45, 2.75) is 38.3 Å². The molecule has 1 saturated carbocycles. The Labute approximate surface area is 178 Å². The SMILES string of the molecule is Cc1nsc(N2C[C@H]3CC[C@@H](C2)C3Nc2nc3c(OC(F)C(F)(F)F)cccn3n2)n1. The maximum absolute atomic E-state index is 13.4. The van der Waals surface area contributed by atoms with Gasteiger partial charge in [-0.1, -0.05) is 0 Å². The average Bonchev–Trinajstić information content (AvgIpc) is 3.38. The number of hydrogen-bond donors (Lipinski definition) is 1. The van der Waals surface area contributed by atoms with Crippen LogP contribution in [0.5, 0.6) is 5.75 Å². The maximum atomic E-state index is 13.4. The van der Waals surface area contributed by atoms with Crippen LogP contribution in [0.1, 0.15) is 18.7 Å². The van der Waals surface area contributed by atoms with E-state index in [1.54, 1.807) is 0 Å². The second-order valence-electron chi connectivity index (χ2n) is 7.85. The van der Waals surface area contributed by atoms with Crippen LogP contribution < -0.4 is 15.0 Å². The Morgan fingerprint density at radius 3 is 2.61 bits per heavy atom. The number of nitrogens with zero attached hydrogens (tertiary/aromatic N) is 6. The van der Waals surface area contributed by atoms with Crippen LogP contribution in [0.15, 0.2) is 18.3 Å². The number of piperidine rings is 1. The summed E-state index contributed by atoms with van der Waals surface area (Å²) in [5.41, 5.74) is 0.0195. The zero-order valence-electron chi connectivity index (χ0n) is 16.4. The van der Waals surface area contributed by atoms with E-state index < -0.39 is 12.5 Å². The molecule has 5 rings (SSSR count). The molecule has 2 unspecified atom stereocenters. The number of aromatic nitrogens is 5. The van der Waals surface area contributed by atoms with Gasteiger partial charge in [0.1, 0.15) is 5.82 Å². The van der Waals surface area contributed by atoms with Gasteiger partial charge in [0.2, 0.25) is 11.1 Å². The van der Waals surface area contributed by atoms with Crippen LogP contribution in [-0.2, 0) is 0 Å². The molecule has 13 heteroatoms. The molecule has 1 aliphatic heterocycles. The van der Waals surface area contributed by atoms with E-state index in [1.807, 2.05) is 6.92 Å². The minimum Gasteiger partial charge on any atom is -0.448 e. The van der Waals surface area contributed by atoms with E-state index in [-0.39, 0.29) is 23.4 Å². The minimum absolute atomic E-state index is 0.0195. The predicted molar refractivity (Wildman–Crippen MR) is 105 cm³/mol. The summed E-state index contributed by atoms with van der Waals surface area (Å²) in [5, 5.41) is 8.56. The van der Waals surface area contributed by atoms with Crippen molar-refractivity contribution < 1.29 is 22.3 Å². The van der Waals surface area contributed by atoms with Gasteiger partial charge in [-0.15, -0.1) is 5.10 Å². The van der Waals surface area contributed by atoms with Gasteiger partial charge in [0.05, 0.1) is 0 Å². The Bertz CT molecular complexity index is 1070. The second-order valence-corrected chi connectivity index (χ2v) is 8.58. The van der Waals surface area contributed by atoms with Crippen LogP contribution in [0.2, 0.25) is 0 Å². The number of pyridine rings is 1. The molecule has 0 aromatic carbocycles. The fraction of sp³-hybridized carbons (Fsp3) is 0.556. The Morgan fingerprint density at radius 2 is 1.97 bits per heavy atom. The molecule has 2 aliphatic rings. The Hall–Kier alpha value is -2.70. The van der Waals surface area contributed by atoms with E-state index in [2.05, 4.69) is 34.4 Å². The lowest BCUT2D eigenvalue weighted by molar-refractivity contribution is -0.236. The van der Waals surface area contributed by atoms with Crippen LogP contribution in [-0.4, -0.2) is 55.6 Å². The molecule has 0 spiro atoms. The van der Waals surface area contributed by atoms with Crippen LogP contribution in [0.3, 0.4) is 0 Å². The highest BCUT2D eigenvalue weighted by molar-refractivity contribution is 7.09. The fourth-order valence-corrected chi connectivity index (χ4v) is 5.08. The van der Waals surface area contributed by atoms with E-state index in [1.165, 1.54) is 34.4 Å². The van der Waals surface area contributed by atoms with Gasteiger partial charge in [-0.3, -0.25) is 0 Å². The maximum Gasteiger partial charge on any atom is 0.457 e. The predicted octanol–water partition coefficient (Wildman–Crippen LogP) is 3.45. The van der Waals surface area contributed by atoms with Gasteiger partial charge in [-0.05, 0) is 43.7 Å². The first-order chi connectivity index (χ1) is 14.8. The van der Waals surface area contributed by atoms with Crippen LogP contribution in [0, 0.1) is 18.8 Å². The minimum atomic E-state index is -5.12. The Kier molecular flexibility index (Phi) is 4.87. The number of halogens is 4. The van der Waals surface area contributed by atoms with Crippen molar-refractivity contribution in [3.63, 3.8) is 0 Å². The third kappa shape index (κ3) is 3.86. The highest BCUT2D eigenvalue weighted by Crippen LogP contribution is 2.40. The van der Waals surface area contributed by atoms with Gasteiger partial charge < -0.3 is 15.0 Å². The largest absolute Gasteiger partial charge is 0.457 e. The number of hydrogen-bond acceptors (Lipinski definition) is 8. The molecule has 3 aromatic rings.